The van der Waals surface area contributed by atoms with Crippen molar-refractivity contribution in [2.24, 2.45) is 0 Å². The first-order valence-corrected chi connectivity index (χ1v) is 8.56. The second kappa shape index (κ2) is 7.17. The van der Waals surface area contributed by atoms with Gasteiger partial charge in [-0.1, -0.05) is 0 Å². The summed E-state index contributed by atoms with van der Waals surface area (Å²) in [6.07, 6.45) is 9.34. The molecule has 2 aliphatic rings. The second-order valence-electron chi connectivity index (χ2n) is 6.62. The Hall–Kier alpha value is -1.22. The minimum atomic E-state index is 0.441. The van der Waals surface area contributed by atoms with Crippen molar-refractivity contribution in [1.29, 1.82) is 0 Å². The van der Waals surface area contributed by atoms with Crippen LogP contribution in [0.3, 0.4) is 0 Å². The van der Waals surface area contributed by atoms with Crippen molar-refractivity contribution in [3.8, 4) is 5.75 Å². The highest BCUT2D eigenvalue weighted by Crippen LogP contribution is 2.25. The lowest BCUT2D eigenvalue weighted by atomic mass is 10.1. The van der Waals surface area contributed by atoms with Crippen LogP contribution in [-0.2, 0) is 0 Å². The molecule has 2 N–H and O–H groups in total. The highest BCUT2D eigenvalue weighted by atomic mass is 16.5. The predicted molar refractivity (Wildman–Crippen MR) is 88.1 cm³/mol. The Morgan fingerprint density at radius 1 is 1.14 bits per heavy atom. The molecule has 1 saturated carbocycles. The molecule has 1 aliphatic carbocycles. The third kappa shape index (κ3) is 4.37. The minimum absolute atomic E-state index is 0.441. The van der Waals surface area contributed by atoms with Crippen LogP contribution in [0.5, 0.6) is 5.75 Å². The highest BCUT2D eigenvalue weighted by Gasteiger charge is 2.18. The third-order valence-corrected chi connectivity index (χ3v) is 4.67. The van der Waals surface area contributed by atoms with Crippen LogP contribution in [-0.4, -0.2) is 24.7 Å². The Balaban J connectivity index is 1.46. The molecule has 3 heteroatoms. The zero-order chi connectivity index (χ0) is 14.5. The van der Waals surface area contributed by atoms with Crippen molar-refractivity contribution < 1.29 is 4.74 Å². The average Bonchev–Trinajstić information content (AvgIpc) is 3.14. The van der Waals surface area contributed by atoms with E-state index in [1.807, 2.05) is 0 Å². The zero-order valence-electron chi connectivity index (χ0n) is 13.1. The van der Waals surface area contributed by atoms with Crippen molar-refractivity contribution >= 4 is 5.69 Å². The summed E-state index contributed by atoms with van der Waals surface area (Å²) in [5.41, 5.74) is 1.19. The van der Waals surface area contributed by atoms with Crippen LogP contribution in [0.15, 0.2) is 24.3 Å². The van der Waals surface area contributed by atoms with Gasteiger partial charge >= 0.3 is 0 Å². The summed E-state index contributed by atoms with van der Waals surface area (Å²) in [5.74, 6) is 1.01. The molecule has 3 rings (SSSR count). The Morgan fingerprint density at radius 2 is 1.90 bits per heavy atom. The number of benzene rings is 1. The quantitative estimate of drug-likeness (QED) is 0.831. The summed E-state index contributed by atoms with van der Waals surface area (Å²) in [6.45, 7) is 3.45. The standard InChI is InChI=1S/C18H28N2O/c1-14(13-16-5-4-12-19-16)20-15-8-10-18(11-9-15)21-17-6-2-3-7-17/h8-11,14,16-17,19-20H,2-7,12-13H2,1H3. The molecule has 3 nitrogen and oxygen atoms in total. The summed E-state index contributed by atoms with van der Waals surface area (Å²) in [5, 5.41) is 7.16. The number of nitrogens with one attached hydrogen (secondary N) is 2. The van der Waals surface area contributed by atoms with Gasteiger partial charge in [-0.2, -0.15) is 0 Å². The Labute approximate surface area is 128 Å². The fourth-order valence-corrected chi connectivity index (χ4v) is 3.56. The van der Waals surface area contributed by atoms with Crippen molar-refractivity contribution in [3.05, 3.63) is 24.3 Å². The van der Waals surface area contributed by atoms with Gasteiger partial charge in [0.05, 0.1) is 6.10 Å². The lowest BCUT2D eigenvalue weighted by molar-refractivity contribution is 0.210. The van der Waals surface area contributed by atoms with Crippen molar-refractivity contribution in [3.63, 3.8) is 0 Å². The number of anilines is 1. The van der Waals surface area contributed by atoms with E-state index in [-0.39, 0.29) is 0 Å². The monoisotopic (exact) mass is 288 g/mol. The summed E-state index contributed by atoms with van der Waals surface area (Å²) in [6, 6.07) is 9.67. The van der Waals surface area contributed by atoms with Gasteiger partial charge in [0, 0.05) is 17.8 Å². The van der Waals surface area contributed by atoms with Gasteiger partial charge < -0.3 is 15.4 Å². The molecule has 21 heavy (non-hydrogen) atoms. The first-order chi connectivity index (χ1) is 10.3. The molecule has 0 bridgehead atoms. The molecular weight excluding hydrogens is 260 g/mol. The van der Waals surface area contributed by atoms with E-state index in [2.05, 4.69) is 41.8 Å². The Morgan fingerprint density at radius 3 is 2.57 bits per heavy atom. The van der Waals surface area contributed by atoms with Crippen molar-refractivity contribution in [1.82, 2.24) is 5.32 Å². The smallest absolute Gasteiger partial charge is 0.119 e. The summed E-state index contributed by atoms with van der Waals surface area (Å²) >= 11 is 0. The Bertz CT molecular complexity index is 419. The minimum Gasteiger partial charge on any atom is -0.490 e. The molecule has 1 aliphatic heterocycles. The van der Waals surface area contributed by atoms with Crippen molar-refractivity contribution in [2.45, 2.75) is 70.1 Å². The molecular formula is C18H28N2O. The van der Waals surface area contributed by atoms with Gasteiger partial charge in [0.15, 0.2) is 0 Å². The molecule has 2 fully saturated rings. The normalized spacial score (nSPS) is 24.1. The number of hydrogen-bond donors (Lipinski definition) is 2. The van der Waals surface area contributed by atoms with Crippen LogP contribution in [0.4, 0.5) is 5.69 Å². The third-order valence-electron chi connectivity index (χ3n) is 4.67. The molecule has 2 atom stereocenters. The molecule has 1 heterocycles. The first kappa shape index (κ1) is 14.7. The maximum atomic E-state index is 6.01. The molecule has 0 amide bonds. The van der Waals surface area contributed by atoms with Gasteiger partial charge in [-0.05, 0) is 82.7 Å². The maximum absolute atomic E-state index is 6.01. The van der Waals surface area contributed by atoms with Gasteiger partial charge in [0.2, 0.25) is 0 Å². The van der Waals surface area contributed by atoms with Crippen LogP contribution in [0.1, 0.15) is 51.9 Å². The number of rotatable bonds is 6. The summed E-state index contributed by atoms with van der Waals surface area (Å²) < 4.78 is 6.01. The van der Waals surface area contributed by atoms with E-state index in [1.54, 1.807) is 0 Å². The second-order valence-corrected chi connectivity index (χ2v) is 6.62. The van der Waals surface area contributed by atoms with Crippen LogP contribution in [0, 0.1) is 0 Å². The topological polar surface area (TPSA) is 33.3 Å². The predicted octanol–water partition coefficient (Wildman–Crippen LogP) is 3.95. The summed E-state index contributed by atoms with van der Waals surface area (Å²) in [4.78, 5) is 0. The fourth-order valence-electron chi connectivity index (χ4n) is 3.56. The SMILES string of the molecule is CC(CC1CCCN1)Nc1ccc(OC2CCCC2)cc1. The van der Waals surface area contributed by atoms with Gasteiger partial charge in [0.1, 0.15) is 5.75 Å². The van der Waals surface area contributed by atoms with Gasteiger partial charge in [-0.3, -0.25) is 0 Å². The van der Waals surface area contributed by atoms with E-state index in [4.69, 9.17) is 4.74 Å². The zero-order valence-corrected chi connectivity index (χ0v) is 13.1. The highest BCUT2D eigenvalue weighted by molar-refractivity contribution is 5.47. The number of hydrogen-bond acceptors (Lipinski definition) is 3. The molecule has 0 spiro atoms. The van der Waals surface area contributed by atoms with Crippen LogP contribution < -0.4 is 15.4 Å². The fraction of sp³-hybridized carbons (Fsp3) is 0.667. The van der Waals surface area contributed by atoms with Crippen LogP contribution >= 0.6 is 0 Å². The van der Waals surface area contributed by atoms with Crippen LogP contribution in [0.2, 0.25) is 0 Å². The van der Waals surface area contributed by atoms with E-state index in [0.29, 0.717) is 18.2 Å². The largest absolute Gasteiger partial charge is 0.490 e. The van der Waals surface area contributed by atoms with E-state index >= 15 is 0 Å². The molecule has 116 valence electrons. The lowest BCUT2D eigenvalue weighted by Crippen LogP contribution is -2.29. The molecule has 2 unspecified atom stereocenters. The molecule has 0 radical (unpaired) electrons. The van der Waals surface area contributed by atoms with Gasteiger partial charge in [-0.25, -0.2) is 0 Å². The first-order valence-electron chi connectivity index (χ1n) is 8.56. The van der Waals surface area contributed by atoms with Gasteiger partial charge in [-0.15, -0.1) is 0 Å². The Kier molecular flexibility index (Phi) is 5.02. The molecule has 1 aromatic carbocycles. The molecule has 0 aromatic heterocycles. The van der Waals surface area contributed by atoms with Gasteiger partial charge in [0.25, 0.3) is 0 Å². The lowest BCUT2D eigenvalue weighted by Gasteiger charge is -2.20. The maximum Gasteiger partial charge on any atom is 0.119 e. The number of ether oxygens (including phenoxy) is 1. The van der Waals surface area contributed by atoms with E-state index < -0.39 is 0 Å². The molecule has 1 saturated heterocycles. The van der Waals surface area contributed by atoms with Crippen LogP contribution in [0.25, 0.3) is 0 Å². The van der Waals surface area contributed by atoms with E-state index in [0.717, 1.165) is 5.75 Å². The van der Waals surface area contributed by atoms with E-state index in [9.17, 15) is 0 Å². The van der Waals surface area contributed by atoms with Crippen molar-refractivity contribution in [2.75, 3.05) is 11.9 Å². The average molecular weight is 288 g/mol. The van der Waals surface area contributed by atoms with E-state index in [1.165, 1.54) is 57.2 Å². The summed E-state index contributed by atoms with van der Waals surface area (Å²) in [7, 11) is 0. The molecule has 1 aromatic rings.